The number of carbonyl (C=O) groups excluding carboxylic acids is 1. The average Bonchev–Trinajstić information content (AvgIpc) is 3.47. The molecule has 1 saturated carbocycles. The molecule has 3 aromatic rings. The first-order chi connectivity index (χ1) is 15.3. The third-order valence-corrected chi connectivity index (χ3v) is 6.98. The molecule has 9 heteroatoms. The Labute approximate surface area is 187 Å². The maximum absolute atomic E-state index is 12.6. The minimum atomic E-state index is -3.59. The molecule has 0 atom stereocenters. The highest BCUT2D eigenvalue weighted by molar-refractivity contribution is 7.92. The molecular weight excluding hydrogens is 428 g/mol. The second kappa shape index (κ2) is 8.91. The van der Waals surface area contributed by atoms with Gasteiger partial charge in [-0.2, -0.15) is 4.98 Å². The molecule has 2 heterocycles. The molecule has 4 rings (SSSR count). The number of fused-ring (bicyclic) bond motifs is 1. The molecule has 0 unspecified atom stereocenters. The molecule has 32 heavy (non-hydrogen) atoms. The number of aryl methyl sites for hydroxylation is 1. The number of hydrogen-bond acceptors (Lipinski definition) is 6. The lowest BCUT2D eigenvalue weighted by molar-refractivity contribution is 0.100. The van der Waals surface area contributed by atoms with Gasteiger partial charge in [0.05, 0.1) is 16.7 Å². The Morgan fingerprint density at radius 1 is 1.22 bits per heavy atom. The van der Waals surface area contributed by atoms with E-state index in [9.17, 15) is 13.2 Å². The van der Waals surface area contributed by atoms with Gasteiger partial charge in [0, 0.05) is 5.56 Å². The molecule has 5 N–H and O–H groups in total. The van der Waals surface area contributed by atoms with Crippen LogP contribution >= 0.6 is 0 Å². The number of pyridine rings is 1. The summed E-state index contributed by atoms with van der Waals surface area (Å²) in [5.74, 6) is 0.410. The lowest BCUT2D eigenvalue weighted by Gasteiger charge is -2.12. The number of nitrogens with one attached hydrogen (secondary N) is 1. The van der Waals surface area contributed by atoms with Gasteiger partial charge in [-0.25, -0.2) is 8.42 Å². The first-order valence-electron chi connectivity index (χ1n) is 10.8. The van der Waals surface area contributed by atoms with Crippen molar-refractivity contribution in [2.45, 2.75) is 39.0 Å². The van der Waals surface area contributed by atoms with Crippen LogP contribution in [0.15, 0.2) is 34.7 Å². The number of hydrogen-bond donors (Lipinski definition) is 3. The van der Waals surface area contributed by atoms with Crippen molar-refractivity contribution in [2.75, 3.05) is 17.0 Å². The van der Waals surface area contributed by atoms with Gasteiger partial charge in [0.25, 0.3) is 5.91 Å². The maximum Gasteiger partial charge on any atom is 0.253 e. The number of rotatable bonds is 10. The number of sulfonamides is 1. The molecule has 0 radical (unpaired) electrons. The number of nitrogens with two attached hydrogens (primary N) is 2. The summed E-state index contributed by atoms with van der Waals surface area (Å²) in [4.78, 5) is 16.8. The Bertz CT molecular complexity index is 1250. The molecule has 0 aliphatic heterocycles. The Balaban J connectivity index is 1.80. The summed E-state index contributed by atoms with van der Waals surface area (Å²) in [6.45, 7) is 2.41. The van der Waals surface area contributed by atoms with Gasteiger partial charge in [-0.3, -0.25) is 9.52 Å². The summed E-state index contributed by atoms with van der Waals surface area (Å²) in [5.41, 5.74) is 14.1. The summed E-state index contributed by atoms with van der Waals surface area (Å²) in [6.07, 6.45) is 3.94. The Morgan fingerprint density at radius 3 is 2.56 bits per heavy atom. The Morgan fingerprint density at radius 2 is 1.94 bits per heavy atom. The SMILES string of the molecule is Cc1ccc(-c2oc3nc(NS(=O)(=O)CCCCN)c(CC4CC4)cc3c2C(N)=O)cc1. The molecule has 0 saturated heterocycles. The molecule has 170 valence electrons. The molecule has 1 aromatic carbocycles. The van der Waals surface area contributed by atoms with Gasteiger partial charge in [0.2, 0.25) is 15.7 Å². The quantitative estimate of drug-likeness (QED) is 0.400. The maximum atomic E-state index is 12.6. The number of nitrogens with zero attached hydrogens (tertiary/aromatic N) is 1. The minimum absolute atomic E-state index is 0.0356. The van der Waals surface area contributed by atoms with Crippen LogP contribution in [0.5, 0.6) is 0 Å². The first kappa shape index (κ1) is 22.3. The van der Waals surface area contributed by atoms with Crippen LogP contribution in [0.25, 0.3) is 22.4 Å². The molecule has 2 aromatic heterocycles. The highest BCUT2D eigenvalue weighted by atomic mass is 32.2. The zero-order chi connectivity index (χ0) is 22.9. The van der Waals surface area contributed by atoms with Crippen LogP contribution in [0.3, 0.4) is 0 Å². The largest absolute Gasteiger partial charge is 0.437 e. The van der Waals surface area contributed by atoms with Crippen LogP contribution in [0, 0.1) is 12.8 Å². The molecule has 1 fully saturated rings. The molecule has 0 bridgehead atoms. The number of furan rings is 1. The van der Waals surface area contributed by atoms with Gasteiger partial charge in [-0.1, -0.05) is 29.8 Å². The summed E-state index contributed by atoms with van der Waals surface area (Å²) in [5, 5.41) is 0.495. The molecule has 1 aliphatic carbocycles. The molecular formula is C23H28N4O4S. The number of primary amides is 1. The number of carbonyl (C=O) groups is 1. The van der Waals surface area contributed by atoms with Crippen molar-refractivity contribution >= 4 is 32.8 Å². The minimum Gasteiger partial charge on any atom is -0.437 e. The van der Waals surface area contributed by atoms with Crippen LogP contribution in [-0.4, -0.2) is 31.6 Å². The van der Waals surface area contributed by atoms with Gasteiger partial charge in [-0.05, 0) is 63.1 Å². The normalized spacial score (nSPS) is 14.1. The van der Waals surface area contributed by atoms with Crippen molar-refractivity contribution < 1.29 is 17.6 Å². The summed E-state index contributed by atoms with van der Waals surface area (Å²) < 4.78 is 33.8. The van der Waals surface area contributed by atoms with E-state index < -0.39 is 15.9 Å². The standard InChI is InChI=1S/C23H28N4O4S/c1-14-4-8-16(9-5-14)20-19(21(25)28)18-13-17(12-15-6-7-15)22(26-23(18)31-20)27-32(29,30)11-3-2-10-24/h4-5,8-9,13,15H,2-3,6-7,10-12,24H2,1H3,(H2,25,28)(H,26,27). The van der Waals surface area contributed by atoms with Crippen LogP contribution < -0.4 is 16.2 Å². The van der Waals surface area contributed by atoms with E-state index in [1.165, 1.54) is 0 Å². The van der Waals surface area contributed by atoms with Crippen molar-refractivity contribution in [1.82, 2.24) is 4.98 Å². The second-order valence-electron chi connectivity index (χ2n) is 8.45. The summed E-state index contributed by atoms with van der Waals surface area (Å²) in [6, 6.07) is 9.33. The highest BCUT2D eigenvalue weighted by Gasteiger charge is 2.28. The molecule has 0 spiro atoms. The third kappa shape index (κ3) is 4.94. The summed E-state index contributed by atoms with van der Waals surface area (Å²) >= 11 is 0. The van der Waals surface area contributed by atoms with Crippen LogP contribution in [-0.2, 0) is 16.4 Å². The number of anilines is 1. The van der Waals surface area contributed by atoms with Crippen LogP contribution in [0.2, 0.25) is 0 Å². The van der Waals surface area contributed by atoms with Crippen molar-refractivity contribution in [2.24, 2.45) is 17.4 Å². The Kier molecular flexibility index (Phi) is 6.21. The van der Waals surface area contributed by atoms with E-state index in [1.807, 2.05) is 31.2 Å². The number of amides is 1. The lowest BCUT2D eigenvalue weighted by Crippen LogP contribution is -2.19. The van der Waals surface area contributed by atoms with E-state index in [2.05, 4.69) is 9.71 Å². The fraction of sp³-hybridized carbons (Fsp3) is 0.391. The average molecular weight is 457 g/mol. The monoisotopic (exact) mass is 456 g/mol. The molecule has 8 nitrogen and oxygen atoms in total. The molecule has 1 amide bonds. The smallest absolute Gasteiger partial charge is 0.253 e. The molecule has 1 aliphatic rings. The van der Waals surface area contributed by atoms with Gasteiger partial charge in [0.1, 0.15) is 11.6 Å². The van der Waals surface area contributed by atoms with Crippen molar-refractivity contribution in [3.63, 3.8) is 0 Å². The van der Waals surface area contributed by atoms with Gasteiger partial charge < -0.3 is 15.9 Å². The van der Waals surface area contributed by atoms with Crippen molar-refractivity contribution in [3.8, 4) is 11.3 Å². The highest BCUT2D eigenvalue weighted by Crippen LogP contribution is 2.38. The Hall–Kier alpha value is -2.91. The summed E-state index contributed by atoms with van der Waals surface area (Å²) in [7, 11) is -3.59. The topological polar surface area (TPSA) is 141 Å². The van der Waals surface area contributed by atoms with Gasteiger partial charge in [-0.15, -0.1) is 0 Å². The second-order valence-corrected chi connectivity index (χ2v) is 10.3. The van der Waals surface area contributed by atoms with Crippen molar-refractivity contribution in [3.05, 3.63) is 47.0 Å². The lowest BCUT2D eigenvalue weighted by atomic mass is 10.0. The number of aromatic nitrogens is 1. The fourth-order valence-corrected chi connectivity index (χ4v) is 4.89. The van der Waals surface area contributed by atoms with Gasteiger partial charge in [0.15, 0.2) is 0 Å². The van der Waals surface area contributed by atoms with Crippen molar-refractivity contribution in [1.29, 1.82) is 0 Å². The van der Waals surface area contributed by atoms with Gasteiger partial charge >= 0.3 is 0 Å². The van der Waals surface area contributed by atoms with Crippen LogP contribution in [0.1, 0.15) is 47.2 Å². The van der Waals surface area contributed by atoms with E-state index in [0.29, 0.717) is 48.4 Å². The van der Waals surface area contributed by atoms with E-state index in [1.54, 1.807) is 6.07 Å². The van der Waals surface area contributed by atoms with E-state index >= 15 is 0 Å². The number of unbranched alkanes of at least 4 members (excludes halogenated alkanes) is 1. The van der Waals surface area contributed by atoms with E-state index in [4.69, 9.17) is 15.9 Å². The predicted octanol–water partition coefficient (Wildman–Crippen LogP) is 3.34. The predicted molar refractivity (Wildman–Crippen MR) is 125 cm³/mol. The zero-order valence-electron chi connectivity index (χ0n) is 18.1. The van der Waals surface area contributed by atoms with E-state index in [0.717, 1.165) is 24.0 Å². The first-order valence-corrected chi connectivity index (χ1v) is 12.5. The fourth-order valence-electron chi connectivity index (χ4n) is 3.73. The third-order valence-electron chi connectivity index (χ3n) is 5.65. The van der Waals surface area contributed by atoms with Crippen LogP contribution in [0.4, 0.5) is 5.82 Å². The number of benzene rings is 1. The zero-order valence-corrected chi connectivity index (χ0v) is 18.9. The van der Waals surface area contributed by atoms with E-state index in [-0.39, 0.29) is 22.8 Å².